The Balaban J connectivity index is 1.84. The Morgan fingerprint density at radius 3 is 2.42 bits per heavy atom. The van der Waals surface area contributed by atoms with E-state index >= 15 is 0 Å². The molecule has 26 heavy (non-hydrogen) atoms. The second-order valence-corrected chi connectivity index (χ2v) is 9.36. The van der Waals surface area contributed by atoms with Gasteiger partial charge < -0.3 is 9.64 Å². The third-order valence-corrected chi connectivity index (χ3v) is 7.08. The Hall–Kier alpha value is -1.57. The Morgan fingerprint density at radius 1 is 1.12 bits per heavy atom. The Kier molecular flexibility index (Phi) is 5.60. The summed E-state index contributed by atoms with van der Waals surface area (Å²) >= 11 is 3.35. The normalized spacial score (nSPS) is 18.8. The van der Waals surface area contributed by atoms with Gasteiger partial charge in [-0.15, -0.1) is 0 Å². The number of halogens is 1. The van der Waals surface area contributed by atoms with Gasteiger partial charge in [0.2, 0.25) is 10.0 Å². The van der Waals surface area contributed by atoms with Gasteiger partial charge in [-0.3, -0.25) is 0 Å². The molecule has 1 heterocycles. The minimum absolute atomic E-state index is 0.0828. The van der Waals surface area contributed by atoms with E-state index in [1.54, 1.807) is 22.5 Å². The molecular weight excluding hydrogens is 416 g/mol. The maximum Gasteiger partial charge on any atom is 0.246 e. The van der Waals surface area contributed by atoms with Crippen molar-refractivity contribution in [3.05, 3.63) is 52.5 Å². The number of methoxy groups -OCH3 is 1. The molecule has 0 amide bonds. The number of benzene rings is 2. The van der Waals surface area contributed by atoms with Crippen molar-refractivity contribution in [3.63, 3.8) is 0 Å². The highest BCUT2D eigenvalue weighted by molar-refractivity contribution is 9.10. The third kappa shape index (κ3) is 3.75. The topological polar surface area (TPSA) is 49.9 Å². The quantitative estimate of drug-likeness (QED) is 0.730. The molecule has 0 aromatic heterocycles. The number of hydrogen-bond acceptors (Lipinski definition) is 4. The van der Waals surface area contributed by atoms with E-state index in [1.807, 2.05) is 0 Å². The Bertz CT molecular complexity index is 884. The number of piperazine rings is 1. The van der Waals surface area contributed by atoms with Crippen molar-refractivity contribution in [1.29, 1.82) is 0 Å². The first-order valence-electron chi connectivity index (χ1n) is 8.50. The summed E-state index contributed by atoms with van der Waals surface area (Å²) in [5.74, 6) is 0.363. The molecule has 0 N–H and O–H groups in total. The SMILES string of the molecule is COc1ccc(Br)cc1S(=O)(=O)N1CCN(c2ccc(C)cc2)C(C)C1. The van der Waals surface area contributed by atoms with Crippen molar-refractivity contribution in [2.24, 2.45) is 0 Å². The van der Waals surface area contributed by atoms with Gasteiger partial charge in [-0.1, -0.05) is 33.6 Å². The molecule has 2 aromatic carbocycles. The number of aryl methyl sites for hydroxylation is 1. The van der Waals surface area contributed by atoms with Crippen LogP contribution in [0.3, 0.4) is 0 Å². The van der Waals surface area contributed by atoms with Crippen molar-refractivity contribution in [2.45, 2.75) is 24.8 Å². The summed E-state index contributed by atoms with van der Waals surface area (Å²) < 4.78 is 33.8. The summed E-state index contributed by atoms with van der Waals surface area (Å²) in [6, 6.07) is 13.5. The first-order valence-corrected chi connectivity index (χ1v) is 10.7. The van der Waals surface area contributed by atoms with Gasteiger partial charge in [0.05, 0.1) is 7.11 Å². The highest BCUT2D eigenvalue weighted by Crippen LogP contribution is 2.31. The van der Waals surface area contributed by atoms with Gasteiger partial charge in [0.25, 0.3) is 0 Å². The molecule has 1 saturated heterocycles. The van der Waals surface area contributed by atoms with Crippen LogP contribution in [0.15, 0.2) is 51.8 Å². The highest BCUT2D eigenvalue weighted by atomic mass is 79.9. The van der Waals surface area contributed by atoms with Gasteiger partial charge in [0, 0.05) is 35.8 Å². The second kappa shape index (κ2) is 7.58. The molecule has 0 bridgehead atoms. The van der Waals surface area contributed by atoms with E-state index in [0.717, 1.165) is 5.69 Å². The molecule has 1 fully saturated rings. The van der Waals surface area contributed by atoms with Crippen molar-refractivity contribution >= 4 is 31.6 Å². The lowest BCUT2D eigenvalue weighted by atomic mass is 10.1. The van der Waals surface area contributed by atoms with E-state index in [1.165, 1.54) is 12.7 Å². The predicted molar refractivity (Wildman–Crippen MR) is 107 cm³/mol. The predicted octanol–water partition coefficient (Wildman–Crippen LogP) is 3.67. The fourth-order valence-corrected chi connectivity index (χ4v) is 5.46. The zero-order valence-electron chi connectivity index (χ0n) is 15.1. The Morgan fingerprint density at radius 2 is 1.81 bits per heavy atom. The molecule has 140 valence electrons. The molecule has 1 atom stereocenters. The van der Waals surface area contributed by atoms with Crippen LogP contribution in [0.5, 0.6) is 5.75 Å². The van der Waals surface area contributed by atoms with Crippen LogP contribution >= 0.6 is 15.9 Å². The van der Waals surface area contributed by atoms with Crippen LogP contribution in [0.1, 0.15) is 12.5 Å². The van der Waals surface area contributed by atoms with Crippen LogP contribution in [0.4, 0.5) is 5.69 Å². The summed E-state index contributed by atoms with van der Waals surface area (Å²) in [7, 11) is -2.13. The van der Waals surface area contributed by atoms with Crippen LogP contribution in [-0.2, 0) is 10.0 Å². The molecule has 0 radical (unpaired) electrons. The zero-order chi connectivity index (χ0) is 18.9. The fraction of sp³-hybridized carbons (Fsp3) is 0.368. The highest BCUT2D eigenvalue weighted by Gasteiger charge is 2.34. The van der Waals surface area contributed by atoms with Gasteiger partial charge in [0.15, 0.2) is 0 Å². The molecule has 0 spiro atoms. The molecule has 3 rings (SSSR count). The first-order chi connectivity index (χ1) is 12.3. The largest absolute Gasteiger partial charge is 0.495 e. The van der Waals surface area contributed by atoms with Crippen LogP contribution in [0.25, 0.3) is 0 Å². The molecule has 7 heteroatoms. The van der Waals surface area contributed by atoms with Crippen LogP contribution in [-0.4, -0.2) is 45.5 Å². The maximum absolute atomic E-state index is 13.2. The number of rotatable bonds is 4. The molecular formula is C19H23BrN2O3S. The van der Waals surface area contributed by atoms with Crippen molar-refractivity contribution in [3.8, 4) is 5.75 Å². The van der Waals surface area contributed by atoms with E-state index in [-0.39, 0.29) is 10.9 Å². The van der Waals surface area contributed by atoms with E-state index in [4.69, 9.17) is 4.74 Å². The number of hydrogen-bond donors (Lipinski definition) is 0. The molecule has 1 unspecified atom stereocenters. The van der Waals surface area contributed by atoms with Gasteiger partial charge in [0.1, 0.15) is 10.6 Å². The maximum atomic E-state index is 13.2. The molecule has 1 aliphatic rings. The summed E-state index contributed by atoms with van der Waals surface area (Å²) in [5, 5.41) is 0. The third-order valence-electron chi connectivity index (χ3n) is 4.70. The van der Waals surface area contributed by atoms with Gasteiger partial charge >= 0.3 is 0 Å². The zero-order valence-corrected chi connectivity index (χ0v) is 17.5. The summed E-state index contributed by atoms with van der Waals surface area (Å²) in [4.78, 5) is 2.45. The molecule has 5 nitrogen and oxygen atoms in total. The molecule has 1 aliphatic heterocycles. The van der Waals surface area contributed by atoms with Gasteiger partial charge in [-0.05, 0) is 44.2 Å². The van der Waals surface area contributed by atoms with Crippen molar-refractivity contribution in [1.82, 2.24) is 4.31 Å². The average molecular weight is 439 g/mol. The van der Waals surface area contributed by atoms with Gasteiger partial charge in [-0.2, -0.15) is 4.31 Å². The smallest absolute Gasteiger partial charge is 0.246 e. The van der Waals surface area contributed by atoms with Crippen LogP contribution < -0.4 is 9.64 Å². The van der Waals surface area contributed by atoms with E-state index in [2.05, 4.69) is 58.9 Å². The molecule has 0 aliphatic carbocycles. The number of ether oxygens (including phenoxy) is 1. The fourth-order valence-electron chi connectivity index (χ4n) is 3.25. The minimum atomic E-state index is -3.62. The molecule has 2 aromatic rings. The summed E-state index contributed by atoms with van der Waals surface area (Å²) in [5.41, 5.74) is 2.34. The molecule has 0 saturated carbocycles. The van der Waals surface area contributed by atoms with Crippen molar-refractivity contribution < 1.29 is 13.2 Å². The summed E-state index contributed by atoms with van der Waals surface area (Å²) in [6.45, 7) is 5.64. The number of anilines is 1. The standard InChI is InChI=1S/C19H23BrN2O3S/c1-14-4-7-17(8-5-14)22-11-10-21(13-15(22)2)26(23,24)19-12-16(20)6-9-18(19)25-3/h4-9,12,15H,10-11,13H2,1-3H3. The minimum Gasteiger partial charge on any atom is -0.495 e. The summed E-state index contributed by atoms with van der Waals surface area (Å²) in [6.07, 6.45) is 0. The lowest BCUT2D eigenvalue weighted by molar-refractivity contribution is 0.339. The first kappa shape index (κ1) is 19.2. The van der Waals surface area contributed by atoms with E-state index in [9.17, 15) is 8.42 Å². The lowest BCUT2D eigenvalue weighted by Crippen LogP contribution is -2.53. The van der Waals surface area contributed by atoms with Crippen molar-refractivity contribution in [2.75, 3.05) is 31.6 Å². The van der Waals surface area contributed by atoms with Crippen LogP contribution in [0, 0.1) is 6.92 Å². The lowest BCUT2D eigenvalue weighted by Gasteiger charge is -2.40. The number of sulfonamides is 1. The van der Waals surface area contributed by atoms with E-state index < -0.39 is 10.0 Å². The number of nitrogens with zero attached hydrogens (tertiary/aromatic N) is 2. The van der Waals surface area contributed by atoms with E-state index in [0.29, 0.717) is 29.9 Å². The monoisotopic (exact) mass is 438 g/mol. The van der Waals surface area contributed by atoms with Gasteiger partial charge in [-0.25, -0.2) is 8.42 Å². The second-order valence-electron chi connectivity index (χ2n) is 6.54. The van der Waals surface area contributed by atoms with Crippen LogP contribution in [0.2, 0.25) is 0 Å². The Labute approximate surface area is 163 Å². The average Bonchev–Trinajstić information content (AvgIpc) is 2.62.